The lowest BCUT2D eigenvalue weighted by molar-refractivity contribution is -0.142. The first kappa shape index (κ1) is 7.97. The molecule has 0 N–H and O–H groups in total. The lowest BCUT2D eigenvalue weighted by atomic mass is 9.95. The summed E-state index contributed by atoms with van der Waals surface area (Å²) in [5.41, 5.74) is 0.271. The fourth-order valence-electron chi connectivity index (χ4n) is 2.32. The third-order valence-corrected chi connectivity index (χ3v) is 3.22. The van der Waals surface area contributed by atoms with Crippen LogP contribution in [0.4, 0.5) is 4.39 Å². The van der Waals surface area contributed by atoms with Crippen molar-refractivity contribution in [2.45, 2.75) is 11.8 Å². The molecule has 1 aliphatic carbocycles. The number of benzene rings is 1. The zero-order chi connectivity index (χ0) is 9.76. The average Bonchev–Trinajstić information content (AvgIpc) is 2.83. The summed E-state index contributed by atoms with van der Waals surface area (Å²) in [6, 6.07) is 6.26. The van der Waals surface area contributed by atoms with E-state index in [-0.39, 0.29) is 17.7 Å². The molecule has 1 aromatic carbocycles. The molecular weight excluding hydrogens is 183 g/mol. The third-order valence-electron chi connectivity index (χ3n) is 3.22. The van der Waals surface area contributed by atoms with E-state index in [1.807, 2.05) is 0 Å². The van der Waals surface area contributed by atoms with Gasteiger partial charge in [-0.05, 0) is 24.1 Å². The Hall–Kier alpha value is -1.38. The number of hydrogen-bond donors (Lipinski definition) is 0. The molecule has 2 atom stereocenters. The van der Waals surface area contributed by atoms with Gasteiger partial charge in [0, 0.05) is 5.92 Å². The second-order valence-corrected chi connectivity index (χ2v) is 3.98. The van der Waals surface area contributed by atoms with Gasteiger partial charge in [0.15, 0.2) is 0 Å². The molecule has 2 fully saturated rings. The van der Waals surface area contributed by atoms with E-state index < -0.39 is 5.41 Å². The summed E-state index contributed by atoms with van der Waals surface area (Å²) in [5.74, 6) is -0.202. The molecule has 0 amide bonds. The van der Waals surface area contributed by atoms with Crippen LogP contribution in [-0.4, -0.2) is 12.6 Å². The molecule has 1 saturated carbocycles. The number of hydrogen-bond acceptors (Lipinski definition) is 2. The van der Waals surface area contributed by atoms with Crippen molar-refractivity contribution in [3.05, 3.63) is 35.6 Å². The van der Waals surface area contributed by atoms with E-state index in [9.17, 15) is 9.18 Å². The first-order chi connectivity index (χ1) is 6.73. The highest BCUT2D eigenvalue weighted by Gasteiger charge is 2.66. The van der Waals surface area contributed by atoms with Crippen molar-refractivity contribution in [1.82, 2.24) is 0 Å². The molecule has 1 heterocycles. The molecule has 1 saturated heterocycles. The van der Waals surface area contributed by atoms with Crippen molar-refractivity contribution in [1.29, 1.82) is 0 Å². The van der Waals surface area contributed by atoms with E-state index in [1.165, 1.54) is 12.1 Å². The molecule has 14 heavy (non-hydrogen) atoms. The summed E-state index contributed by atoms with van der Waals surface area (Å²) < 4.78 is 17.9. The minimum Gasteiger partial charge on any atom is -0.465 e. The summed E-state index contributed by atoms with van der Waals surface area (Å²) in [4.78, 5) is 11.5. The van der Waals surface area contributed by atoms with E-state index >= 15 is 0 Å². The Morgan fingerprint density at radius 3 is 2.93 bits per heavy atom. The molecule has 0 radical (unpaired) electrons. The Morgan fingerprint density at radius 2 is 2.36 bits per heavy atom. The number of ether oxygens (including phenoxy) is 1. The molecule has 0 aromatic heterocycles. The van der Waals surface area contributed by atoms with E-state index in [4.69, 9.17) is 4.74 Å². The van der Waals surface area contributed by atoms with Crippen molar-refractivity contribution in [2.24, 2.45) is 5.92 Å². The minimum atomic E-state index is -0.498. The molecule has 0 unspecified atom stereocenters. The number of halogens is 1. The molecule has 2 aliphatic rings. The van der Waals surface area contributed by atoms with Gasteiger partial charge in [0.1, 0.15) is 5.82 Å². The fourth-order valence-corrected chi connectivity index (χ4v) is 2.32. The highest BCUT2D eigenvalue weighted by Crippen LogP contribution is 2.58. The third kappa shape index (κ3) is 0.820. The Kier molecular flexibility index (Phi) is 1.34. The van der Waals surface area contributed by atoms with Crippen molar-refractivity contribution in [3.63, 3.8) is 0 Å². The molecule has 72 valence electrons. The van der Waals surface area contributed by atoms with Crippen LogP contribution in [0.5, 0.6) is 0 Å². The summed E-state index contributed by atoms with van der Waals surface area (Å²) in [5, 5.41) is 0. The molecule has 2 nitrogen and oxygen atoms in total. The van der Waals surface area contributed by atoms with Crippen molar-refractivity contribution in [2.75, 3.05) is 6.61 Å². The van der Waals surface area contributed by atoms with Crippen LogP contribution in [-0.2, 0) is 14.9 Å². The number of carbonyl (C=O) groups is 1. The predicted molar refractivity (Wildman–Crippen MR) is 47.1 cm³/mol. The highest BCUT2D eigenvalue weighted by molar-refractivity contribution is 5.89. The van der Waals surface area contributed by atoms with Gasteiger partial charge in [-0.2, -0.15) is 0 Å². The van der Waals surface area contributed by atoms with Gasteiger partial charge in [-0.15, -0.1) is 0 Å². The van der Waals surface area contributed by atoms with Crippen LogP contribution in [0.15, 0.2) is 24.3 Å². The zero-order valence-electron chi connectivity index (χ0n) is 7.50. The first-order valence-electron chi connectivity index (χ1n) is 4.67. The molecule has 1 aromatic rings. The molecule has 1 aliphatic heterocycles. The SMILES string of the molecule is O=C1OC[C@H]2C[C@@]12c1cccc(F)c1. The van der Waals surface area contributed by atoms with Gasteiger partial charge in [0.05, 0.1) is 12.0 Å². The largest absolute Gasteiger partial charge is 0.465 e. The van der Waals surface area contributed by atoms with Crippen molar-refractivity contribution < 1.29 is 13.9 Å². The van der Waals surface area contributed by atoms with E-state index in [0.29, 0.717) is 6.61 Å². The molecule has 0 bridgehead atoms. The van der Waals surface area contributed by atoms with Crippen LogP contribution >= 0.6 is 0 Å². The molecule has 3 rings (SSSR count). The van der Waals surface area contributed by atoms with Crippen LogP contribution < -0.4 is 0 Å². The van der Waals surface area contributed by atoms with Gasteiger partial charge in [0.2, 0.25) is 0 Å². The van der Waals surface area contributed by atoms with Gasteiger partial charge in [-0.25, -0.2) is 4.39 Å². The smallest absolute Gasteiger partial charge is 0.317 e. The summed E-state index contributed by atoms with van der Waals surface area (Å²) in [6.07, 6.45) is 0.815. The second kappa shape index (κ2) is 2.35. The first-order valence-corrected chi connectivity index (χ1v) is 4.67. The number of fused-ring (bicyclic) bond motifs is 1. The maximum absolute atomic E-state index is 13.0. The van der Waals surface area contributed by atoms with E-state index in [0.717, 1.165) is 12.0 Å². The molecule has 0 spiro atoms. The van der Waals surface area contributed by atoms with Gasteiger partial charge < -0.3 is 4.74 Å². The van der Waals surface area contributed by atoms with Gasteiger partial charge in [0.25, 0.3) is 0 Å². The lowest BCUT2D eigenvalue weighted by Gasteiger charge is -2.08. The number of cyclic esters (lactones) is 1. The number of carbonyl (C=O) groups excluding carboxylic acids is 1. The number of rotatable bonds is 1. The lowest BCUT2D eigenvalue weighted by Crippen LogP contribution is -2.18. The minimum absolute atomic E-state index is 0.187. The van der Waals surface area contributed by atoms with Crippen LogP contribution in [0.25, 0.3) is 0 Å². The summed E-state index contributed by atoms with van der Waals surface area (Å²) in [7, 11) is 0. The number of esters is 1. The van der Waals surface area contributed by atoms with Gasteiger partial charge >= 0.3 is 5.97 Å². The maximum atomic E-state index is 13.0. The predicted octanol–water partition coefficient (Wildman–Crippen LogP) is 1.64. The Bertz CT molecular complexity index is 416. The van der Waals surface area contributed by atoms with Crippen molar-refractivity contribution >= 4 is 5.97 Å². The Morgan fingerprint density at radius 1 is 1.50 bits per heavy atom. The zero-order valence-corrected chi connectivity index (χ0v) is 7.50. The van der Waals surface area contributed by atoms with Gasteiger partial charge in [-0.3, -0.25) is 4.79 Å². The molecule has 3 heteroatoms. The standard InChI is InChI=1S/C11H9FO2/c12-9-3-1-2-7(4-9)11-5-8(11)6-14-10(11)13/h1-4,8H,5-6H2/t8-,11+/m1/s1. The Labute approximate surface area is 80.7 Å². The summed E-state index contributed by atoms with van der Waals surface area (Å²) >= 11 is 0. The van der Waals surface area contributed by atoms with Crippen molar-refractivity contribution in [3.8, 4) is 0 Å². The van der Waals surface area contributed by atoms with Crippen LogP contribution in [0.1, 0.15) is 12.0 Å². The maximum Gasteiger partial charge on any atom is 0.317 e. The monoisotopic (exact) mass is 192 g/mol. The van der Waals surface area contributed by atoms with E-state index in [2.05, 4.69) is 0 Å². The van der Waals surface area contributed by atoms with Crippen LogP contribution in [0.3, 0.4) is 0 Å². The second-order valence-electron chi connectivity index (χ2n) is 3.98. The van der Waals surface area contributed by atoms with Gasteiger partial charge in [-0.1, -0.05) is 12.1 Å². The Balaban J connectivity index is 2.08. The highest BCUT2D eigenvalue weighted by atomic mass is 19.1. The topological polar surface area (TPSA) is 26.3 Å². The van der Waals surface area contributed by atoms with Crippen LogP contribution in [0.2, 0.25) is 0 Å². The average molecular weight is 192 g/mol. The molecular formula is C11H9FO2. The normalized spacial score (nSPS) is 33.8. The van der Waals surface area contributed by atoms with E-state index in [1.54, 1.807) is 12.1 Å². The summed E-state index contributed by atoms with van der Waals surface area (Å²) in [6.45, 7) is 0.495. The quantitative estimate of drug-likeness (QED) is 0.632. The fraction of sp³-hybridized carbons (Fsp3) is 0.364. The van der Waals surface area contributed by atoms with Crippen LogP contribution in [0, 0.1) is 11.7 Å².